The van der Waals surface area contributed by atoms with Gasteiger partial charge < -0.3 is 15.2 Å². The lowest BCUT2D eigenvalue weighted by molar-refractivity contribution is -0.136. The molecule has 0 aromatic heterocycles. The second-order valence-electron chi connectivity index (χ2n) is 4.16. The summed E-state index contributed by atoms with van der Waals surface area (Å²) >= 11 is 6.07. The Hall–Kier alpha value is -2.46. The van der Waals surface area contributed by atoms with Crippen molar-refractivity contribution >= 4 is 23.6 Å². The van der Waals surface area contributed by atoms with E-state index in [1.807, 2.05) is 24.3 Å². The molecule has 21 heavy (non-hydrogen) atoms. The second-order valence-corrected chi connectivity index (χ2v) is 4.57. The Kier molecular flexibility index (Phi) is 4.85. The molecule has 2 rings (SSSR count). The van der Waals surface area contributed by atoms with Crippen molar-refractivity contribution in [3.63, 3.8) is 0 Å². The predicted molar refractivity (Wildman–Crippen MR) is 82.1 cm³/mol. The summed E-state index contributed by atoms with van der Waals surface area (Å²) in [6.45, 7) is 0. The molecule has 0 saturated heterocycles. The molecule has 0 heterocycles. The summed E-state index contributed by atoms with van der Waals surface area (Å²) in [6, 6.07) is 14.3. The van der Waals surface area contributed by atoms with Gasteiger partial charge >= 0.3 is 5.97 Å². The minimum absolute atomic E-state index is 0.00675. The molecule has 0 amide bonds. The molecule has 0 fully saturated rings. The van der Waals surface area contributed by atoms with Gasteiger partial charge in [-0.3, -0.25) is 0 Å². The summed E-state index contributed by atoms with van der Waals surface area (Å²) in [5.74, 6) is 0.469. The van der Waals surface area contributed by atoms with Crippen LogP contribution in [0.2, 0.25) is 5.02 Å². The molecule has 0 aliphatic rings. The van der Waals surface area contributed by atoms with Crippen molar-refractivity contribution in [1.82, 2.24) is 0 Å². The van der Waals surface area contributed by atoms with E-state index >= 15 is 0 Å². The van der Waals surface area contributed by atoms with Crippen LogP contribution in [0.5, 0.6) is 11.5 Å². The monoisotopic (exact) mass is 303 g/mol. The third-order valence-electron chi connectivity index (χ3n) is 2.71. The van der Waals surface area contributed by atoms with Crippen LogP contribution in [0.25, 0.3) is 6.08 Å². The third-order valence-corrected chi connectivity index (χ3v) is 3.02. The van der Waals surface area contributed by atoms with Crippen LogP contribution in [-0.4, -0.2) is 13.1 Å². The number of para-hydroxylation sites is 2. The summed E-state index contributed by atoms with van der Waals surface area (Å²) in [7, 11) is 1.27. The molecule has 0 atom stereocenters. The number of hydrogen-bond acceptors (Lipinski definition) is 4. The lowest BCUT2D eigenvalue weighted by atomic mass is 10.1. The van der Waals surface area contributed by atoms with Crippen LogP contribution in [0.3, 0.4) is 0 Å². The van der Waals surface area contributed by atoms with Gasteiger partial charge in [-0.15, -0.1) is 0 Å². The van der Waals surface area contributed by atoms with Gasteiger partial charge in [0, 0.05) is 5.56 Å². The van der Waals surface area contributed by atoms with Crippen molar-refractivity contribution in [2.75, 3.05) is 7.11 Å². The van der Waals surface area contributed by atoms with Gasteiger partial charge in [0.05, 0.1) is 12.1 Å². The minimum Gasteiger partial charge on any atom is -0.464 e. The van der Waals surface area contributed by atoms with E-state index < -0.39 is 5.97 Å². The topological polar surface area (TPSA) is 61.5 Å². The van der Waals surface area contributed by atoms with Crippen LogP contribution in [0.1, 0.15) is 5.56 Å². The molecule has 5 heteroatoms. The van der Waals surface area contributed by atoms with Crippen LogP contribution in [0.4, 0.5) is 0 Å². The number of methoxy groups -OCH3 is 1. The first kappa shape index (κ1) is 14.9. The average Bonchev–Trinajstić information content (AvgIpc) is 2.50. The quantitative estimate of drug-likeness (QED) is 0.692. The molecule has 0 spiro atoms. The van der Waals surface area contributed by atoms with E-state index in [2.05, 4.69) is 4.74 Å². The van der Waals surface area contributed by atoms with Crippen molar-refractivity contribution in [2.24, 2.45) is 5.73 Å². The highest BCUT2D eigenvalue weighted by Gasteiger charge is 2.09. The van der Waals surface area contributed by atoms with Crippen molar-refractivity contribution in [3.05, 3.63) is 64.8 Å². The smallest absolute Gasteiger partial charge is 0.353 e. The fraction of sp³-hybridized carbons (Fsp3) is 0.0625. The van der Waals surface area contributed by atoms with Crippen molar-refractivity contribution in [2.45, 2.75) is 0 Å². The van der Waals surface area contributed by atoms with Gasteiger partial charge in [-0.1, -0.05) is 41.9 Å². The Balaban J connectivity index is 2.34. The molecular weight excluding hydrogens is 290 g/mol. The number of rotatable bonds is 4. The fourth-order valence-corrected chi connectivity index (χ4v) is 1.86. The molecular formula is C16H14ClNO3. The SMILES string of the molecule is COC(=O)/C(N)=C\c1ccccc1Oc1ccccc1Cl. The number of carbonyl (C=O) groups is 1. The van der Waals surface area contributed by atoms with Crippen molar-refractivity contribution in [3.8, 4) is 11.5 Å². The Morgan fingerprint density at radius 2 is 1.71 bits per heavy atom. The number of benzene rings is 2. The summed E-state index contributed by atoms with van der Waals surface area (Å²) in [6.07, 6.45) is 1.50. The van der Waals surface area contributed by atoms with Crippen LogP contribution in [0, 0.1) is 0 Å². The van der Waals surface area contributed by atoms with Crippen molar-refractivity contribution in [1.29, 1.82) is 0 Å². The third kappa shape index (κ3) is 3.77. The molecule has 108 valence electrons. The van der Waals surface area contributed by atoms with Gasteiger partial charge in [0.25, 0.3) is 0 Å². The first-order chi connectivity index (χ1) is 10.1. The Bertz CT molecular complexity index is 683. The van der Waals surface area contributed by atoms with Crippen LogP contribution >= 0.6 is 11.6 Å². The fourth-order valence-electron chi connectivity index (χ4n) is 1.68. The van der Waals surface area contributed by atoms with E-state index in [0.717, 1.165) is 0 Å². The van der Waals surface area contributed by atoms with Gasteiger partial charge in [0.1, 0.15) is 17.2 Å². The van der Waals surface area contributed by atoms with Crippen LogP contribution in [0.15, 0.2) is 54.2 Å². The normalized spacial score (nSPS) is 11.0. The molecule has 0 radical (unpaired) electrons. The second kappa shape index (κ2) is 6.81. The number of ether oxygens (including phenoxy) is 2. The van der Waals surface area contributed by atoms with E-state index in [4.69, 9.17) is 22.1 Å². The van der Waals surface area contributed by atoms with E-state index in [1.165, 1.54) is 13.2 Å². The number of nitrogens with two attached hydrogens (primary N) is 1. The summed E-state index contributed by atoms with van der Waals surface area (Å²) in [5, 5.41) is 0.497. The molecule has 2 aromatic rings. The largest absolute Gasteiger partial charge is 0.464 e. The van der Waals surface area contributed by atoms with Gasteiger partial charge in [-0.05, 0) is 24.3 Å². The summed E-state index contributed by atoms with van der Waals surface area (Å²) in [4.78, 5) is 11.4. The number of carbonyl (C=O) groups excluding carboxylic acids is 1. The zero-order chi connectivity index (χ0) is 15.2. The average molecular weight is 304 g/mol. The lowest BCUT2D eigenvalue weighted by Gasteiger charge is -2.10. The van der Waals surface area contributed by atoms with Gasteiger partial charge in [-0.2, -0.15) is 0 Å². The predicted octanol–water partition coefficient (Wildman–Crippen LogP) is 3.60. The summed E-state index contributed by atoms with van der Waals surface area (Å²) in [5.41, 5.74) is 6.30. The molecule has 0 aliphatic carbocycles. The van der Waals surface area contributed by atoms with E-state index in [-0.39, 0.29) is 5.70 Å². The van der Waals surface area contributed by atoms with E-state index in [1.54, 1.807) is 24.3 Å². The molecule has 2 N–H and O–H groups in total. The molecule has 0 saturated carbocycles. The maximum atomic E-state index is 11.4. The maximum Gasteiger partial charge on any atom is 0.353 e. The highest BCUT2D eigenvalue weighted by atomic mass is 35.5. The Morgan fingerprint density at radius 1 is 1.10 bits per heavy atom. The zero-order valence-corrected chi connectivity index (χ0v) is 12.1. The minimum atomic E-state index is -0.595. The Labute approximate surface area is 127 Å². The zero-order valence-electron chi connectivity index (χ0n) is 11.4. The first-order valence-corrected chi connectivity index (χ1v) is 6.56. The highest BCUT2D eigenvalue weighted by Crippen LogP contribution is 2.31. The molecule has 2 aromatic carbocycles. The first-order valence-electron chi connectivity index (χ1n) is 6.18. The molecule has 0 aliphatic heterocycles. The molecule has 4 nitrogen and oxygen atoms in total. The van der Waals surface area contributed by atoms with Gasteiger partial charge in [0.15, 0.2) is 0 Å². The number of hydrogen-bond donors (Lipinski definition) is 1. The van der Waals surface area contributed by atoms with Crippen LogP contribution < -0.4 is 10.5 Å². The summed E-state index contributed by atoms with van der Waals surface area (Å²) < 4.78 is 10.3. The van der Waals surface area contributed by atoms with Crippen LogP contribution in [-0.2, 0) is 9.53 Å². The number of halogens is 1. The van der Waals surface area contributed by atoms with Gasteiger partial charge in [0.2, 0.25) is 0 Å². The molecule has 0 bridgehead atoms. The molecule has 0 unspecified atom stereocenters. The lowest BCUT2D eigenvalue weighted by Crippen LogP contribution is -2.12. The van der Waals surface area contributed by atoms with Gasteiger partial charge in [-0.25, -0.2) is 4.79 Å². The number of esters is 1. The van der Waals surface area contributed by atoms with E-state index in [0.29, 0.717) is 22.1 Å². The standard InChI is InChI=1S/C16H14ClNO3/c1-20-16(19)13(18)10-11-6-2-4-8-14(11)21-15-9-5-3-7-12(15)17/h2-10H,18H2,1H3/b13-10+. The maximum absolute atomic E-state index is 11.4. The Morgan fingerprint density at radius 3 is 2.38 bits per heavy atom. The van der Waals surface area contributed by atoms with E-state index in [9.17, 15) is 4.79 Å². The van der Waals surface area contributed by atoms with Crippen molar-refractivity contribution < 1.29 is 14.3 Å². The highest BCUT2D eigenvalue weighted by molar-refractivity contribution is 6.32.